The van der Waals surface area contributed by atoms with Gasteiger partial charge in [0.2, 0.25) is 0 Å². The number of hydrogen-bond acceptors (Lipinski definition) is 7. The second-order valence-electron chi connectivity index (χ2n) is 8.95. The van der Waals surface area contributed by atoms with Crippen molar-refractivity contribution >= 4 is 34.4 Å². The Balaban J connectivity index is 1.28. The number of nitrogens with one attached hydrogen (secondary N) is 1. The predicted octanol–water partition coefficient (Wildman–Crippen LogP) is 2.74. The van der Waals surface area contributed by atoms with E-state index in [-0.39, 0.29) is 24.4 Å². The molecule has 0 bridgehead atoms. The molecule has 0 radical (unpaired) electrons. The van der Waals surface area contributed by atoms with Crippen molar-refractivity contribution in [3.63, 3.8) is 0 Å². The van der Waals surface area contributed by atoms with Crippen LogP contribution < -0.4 is 15.0 Å². The first-order valence-electron chi connectivity index (χ1n) is 11.8. The zero-order chi connectivity index (χ0) is 25.2. The van der Waals surface area contributed by atoms with Crippen molar-refractivity contribution in [1.29, 1.82) is 0 Å². The number of benzene rings is 1. The number of amides is 2. The molecule has 1 unspecified atom stereocenters. The number of fused-ring (bicyclic) bond motifs is 1. The van der Waals surface area contributed by atoms with Gasteiger partial charge >= 0.3 is 6.09 Å². The highest BCUT2D eigenvalue weighted by Gasteiger charge is 2.40. The highest BCUT2D eigenvalue weighted by Crippen LogP contribution is 2.33. The Kier molecular flexibility index (Phi) is 6.33. The number of anilines is 2. The minimum Gasteiger partial charge on any atom is -0.479 e. The Labute approximate surface area is 208 Å². The van der Waals surface area contributed by atoms with E-state index in [1.165, 1.54) is 6.20 Å². The molecule has 2 amide bonds. The fourth-order valence-corrected chi connectivity index (χ4v) is 4.51. The van der Waals surface area contributed by atoms with E-state index in [9.17, 15) is 14.7 Å². The average Bonchev–Trinajstić information content (AvgIpc) is 3.44. The van der Waals surface area contributed by atoms with E-state index in [1.807, 2.05) is 18.1 Å². The largest absolute Gasteiger partial charge is 0.479 e. The van der Waals surface area contributed by atoms with Crippen LogP contribution >= 0.6 is 0 Å². The molecule has 1 saturated carbocycles. The Morgan fingerprint density at radius 2 is 2.06 bits per heavy atom. The first kappa shape index (κ1) is 23.4. The summed E-state index contributed by atoms with van der Waals surface area (Å²) in [6.07, 6.45) is 6.58. The molecule has 1 aliphatic heterocycles. The van der Waals surface area contributed by atoms with E-state index in [2.05, 4.69) is 32.2 Å². The summed E-state index contributed by atoms with van der Waals surface area (Å²) in [6, 6.07) is 3.65. The zero-order valence-electron chi connectivity index (χ0n) is 20.1. The van der Waals surface area contributed by atoms with Crippen LogP contribution in [0.15, 0.2) is 30.7 Å². The van der Waals surface area contributed by atoms with E-state index in [4.69, 9.17) is 4.74 Å². The van der Waals surface area contributed by atoms with E-state index >= 15 is 0 Å². The third kappa shape index (κ3) is 4.88. The van der Waals surface area contributed by atoms with Gasteiger partial charge in [0, 0.05) is 43.8 Å². The van der Waals surface area contributed by atoms with E-state index < -0.39 is 12.0 Å². The first-order valence-corrected chi connectivity index (χ1v) is 11.8. The van der Waals surface area contributed by atoms with Gasteiger partial charge in [-0.2, -0.15) is 5.10 Å². The number of aryl methyl sites for hydroxylation is 1. The fourth-order valence-electron chi connectivity index (χ4n) is 4.51. The summed E-state index contributed by atoms with van der Waals surface area (Å²) >= 11 is 0. The number of aromatic nitrogens is 4. The number of nitrogens with zero attached hydrogens (tertiary/aromatic N) is 6. The first-order chi connectivity index (χ1) is 17.4. The number of carbonyl (C=O) groups excluding carboxylic acids is 1. The predicted molar refractivity (Wildman–Crippen MR) is 133 cm³/mol. The highest BCUT2D eigenvalue weighted by molar-refractivity contribution is 6.04. The molecule has 3 aromatic rings. The van der Waals surface area contributed by atoms with Crippen LogP contribution in [0.2, 0.25) is 0 Å². The van der Waals surface area contributed by atoms with Crippen molar-refractivity contribution < 1.29 is 19.4 Å². The number of carboxylic acid groups (broad SMARTS) is 1. The molecular formula is C25H27N7O4. The van der Waals surface area contributed by atoms with Crippen molar-refractivity contribution in [3.05, 3.63) is 36.4 Å². The van der Waals surface area contributed by atoms with Crippen molar-refractivity contribution in [3.8, 4) is 17.6 Å². The van der Waals surface area contributed by atoms with Crippen LogP contribution in [0.25, 0.3) is 10.9 Å². The highest BCUT2D eigenvalue weighted by atomic mass is 16.5. The molecule has 1 atom stereocenters. The van der Waals surface area contributed by atoms with Gasteiger partial charge < -0.3 is 25.0 Å². The van der Waals surface area contributed by atoms with Crippen LogP contribution in [0.3, 0.4) is 0 Å². The summed E-state index contributed by atoms with van der Waals surface area (Å²) in [5.74, 6) is 6.29. The topological polar surface area (TPSA) is 126 Å². The summed E-state index contributed by atoms with van der Waals surface area (Å²) in [5, 5.41) is 17.7. The van der Waals surface area contributed by atoms with Gasteiger partial charge in [0.25, 0.3) is 5.91 Å². The Bertz CT molecular complexity index is 1350. The maximum Gasteiger partial charge on any atom is 0.407 e. The second-order valence-corrected chi connectivity index (χ2v) is 8.95. The molecule has 2 fully saturated rings. The molecule has 2 aliphatic rings. The summed E-state index contributed by atoms with van der Waals surface area (Å²) in [6.45, 7) is 3.17. The minimum atomic E-state index is -0.864. The summed E-state index contributed by atoms with van der Waals surface area (Å²) in [5.41, 5.74) is 1.39. The lowest BCUT2D eigenvalue weighted by molar-refractivity contribution is 0.102. The van der Waals surface area contributed by atoms with Gasteiger partial charge in [-0.25, -0.2) is 14.8 Å². The molecule has 186 valence electrons. The average molecular weight is 490 g/mol. The molecule has 11 nitrogen and oxygen atoms in total. The van der Waals surface area contributed by atoms with E-state index in [1.54, 1.807) is 34.8 Å². The molecule has 1 saturated heterocycles. The molecule has 2 N–H and O–H groups in total. The molecule has 11 heteroatoms. The second kappa shape index (κ2) is 9.73. The van der Waals surface area contributed by atoms with Gasteiger partial charge in [0.15, 0.2) is 0 Å². The Morgan fingerprint density at radius 1 is 1.22 bits per heavy atom. The van der Waals surface area contributed by atoms with Gasteiger partial charge in [-0.1, -0.05) is 5.92 Å². The van der Waals surface area contributed by atoms with Crippen LogP contribution in [0.1, 0.15) is 36.7 Å². The maximum absolute atomic E-state index is 13.0. The molecule has 1 aliphatic carbocycles. The Hall–Kier alpha value is -4.33. The van der Waals surface area contributed by atoms with Gasteiger partial charge in [0.1, 0.15) is 23.9 Å². The Morgan fingerprint density at radius 3 is 2.75 bits per heavy atom. The summed E-state index contributed by atoms with van der Waals surface area (Å²) < 4.78 is 7.45. The van der Waals surface area contributed by atoms with Gasteiger partial charge in [-0.3, -0.25) is 9.48 Å². The fraction of sp³-hybridized carbons (Fsp3) is 0.400. The summed E-state index contributed by atoms with van der Waals surface area (Å²) in [7, 11) is 1.83. The van der Waals surface area contributed by atoms with Crippen molar-refractivity contribution in [1.82, 2.24) is 24.6 Å². The molecule has 36 heavy (non-hydrogen) atoms. The molecule has 1 aromatic carbocycles. The number of hydrogen-bond donors (Lipinski definition) is 2. The van der Waals surface area contributed by atoms with Crippen molar-refractivity contribution in [2.45, 2.75) is 38.3 Å². The zero-order valence-corrected chi connectivity index (χ0v) is 20.1. The molecule has 3 heterocycles. The maximum atomic E-state index is 13.0. The lowest BCUT2D eigenvalue weighted by atomic mass is 10.2. The minimum absolute atomic E-state index is 0.0574. The third-order valence-electron chi connectivity index (χ3n) is 6.36. The van der Waals surface area contributed by atoms with Crippen LogP contribution in [-0.2, 0) is 7.05 Å². The standard InChI is InChI=1S/C25H27N7O4/c1-3-4-9-36-22-11-19-16(14-30(2)29-19)10-20(22)28-24(33)21-12-27-23(13-26-21)31-8-7-18(15-31)32(25(34)35)17-5-6-17/h10-14,17-18H,5-9,15H2,1-2H3,(H,28,33)(H,34,35). The summed E-state index contributed by atoms with van der Waals surface area (Å²) in [4.78, 5) is 37.0. The molecule has 5 rings (SSSR count). The molecule has 0 spiro atoms. The number of ether oxygens (including phenoxy) is 1. The van der Waals surface area contributed by atoms with Crippen LogP contribution in [0, 0.1) is 11.8 Å². The van der Waals surface area contributed by atoms with Gasteiger partial charge in [-0.15, -0.1) is 5.92 Å². The number of carbonyl (C=O) groups is 2. The van der Waals surface area contributed by atoms with E-state index in [0.29, 0.717) is 30.3 Å². The smallest absolute Gasteiger partial charge is 0.407 e. The van der Waals surface area contributed by atoms with Crippen LogP contribution in [0.4, 0.5) is 16.3 Å². The van der Waals surface area contributed by atoms with Crippen molar-refractivity contribution in [2.75, 3.05) is 29.9 Å². The quantitative estimate of drug-likeness (QED) is 0.485. The van der Waals surface area contributed by atoms with Gasteiger partial charge in [0.05, 0.1) is 29.6 Å². The van der Waals surface area contributed by atoms with Crippen LogP contribution in [-0.4, -0.2) is 73.5 Å². The normalized spacial score (nSPS) is 16.9. The number of rotatable bonds is 7. The SMILES string of the molecule is CC#CCOc1cc2nn(C)cc2cc1NC(=O)c1cnc(N2CCC(N(C(=O)O)C3CC3)C2)cn1. The molecular weight excluding hydrogens is 462 g/mol. The third-order valence-corrected chi connectivity index (χ3v) is 6.36. The monoisotopic (exact) mass is 489 g/mol. The van der Waals surface area contributed by atoms with Crippen molar-refractivity contribution in [2.24, 2.45) is 7.05 Å². The van der Waals surface area contributed by atoms with Crippen LogP contribution in [0.5, 0.6) is 5.75 Å². The van der Waals surface area contributed by atoms with E-state index in [0.717, 1.165) is 30.2 Å². The van der Waals surface area contributed by atoms with Gasteiger partial charge in [-0.05, 0) is 32.3 Å². The lowest BCUT2D eigenvalue weighted by Gasteiger charge is -2.26. The molecule has 2 aromatic heterocycles. The lowest BCUT2D eigenvalue weighted by Crippen LogP contribution is -2.42.